The zero-order valence-electron chi connectivity index (χ0n) is 17.8. The first-order valence-corrected chi connectivity index (χ1v) is 11.0. The summed E-state index contributed by atoms with van der Waals surface area (Å²) in [5.41, 5.74) is 5.78. The van der Waals surface area contributed by atoms with E-state index < -0.39 is 0 Å². The second-order valence-electron chi connectivity index (χ2n) is 8.07. The average Bonchev–Trinajstić information content (AvgIpc) is 2.82. The summed E-state index contributed by atoms with van der Waals surface area (Å²) >= 11 is 6.40. The van der Waals surface area contributed by atoms with E-state index in [9.17, 15) is 4.79 Å². The van der Waals surface area contributed by atoms with Crippen LogP contribution in [0.25, 0.3) is 0 Å². The molecule has 0 fully saturated rings. The van der Waals surface area contributed by atoms with Crippen molar-refractivity contribution in [3.63, 3.8) is 0 Å². The van der Waals surface area contributed by atoms with Crippen LogP contribution < -0.4 is 9.80 Å². The molecule has 0 bridgehead atoms. The number of hydrogen-bond acceptors (Lipinski definition) is 2. The molecule has 0 spiro atoms. The van der Waals surface area contributed by atoms with Crippen molar-refractivity contribution in [2.75, 3.05) is 9.80 Å². The monoisotopic (exact) mass is 438 g/mol. The van der Waals surface area contributed by atoms with Gasteiger partial charge in [-0.2, -0.15) is 0 Å². The number of anilines is 2. The van der Waals surface area contributed by atoms with Gasteiger partial charge in [0.05, 0.1) is 11.3 Å². The SMILES string of the molecule is Cc1ccc(N2C(=O)c3ccccc3N(Cc3ccccc3)[C@H]2c2cccc(Cl)c2)cc1. The van der Waals surface area contributed by atoms with Crippen LogP contribution >= 0.6 is 11.6 Å². The third-order valence-electron chi connectivity index (χ3n) is 5.86. The van der Waals surface area contributed by atoms with Crippen molar-refractivity contribution in [2.45, 2.75) is 19.6 Å². The number of carbonyl (C=O) groups is 1. The second kappa shape index (κ2) is 8.52. The summed E-state index contributed by atoms with van der Waals surface area (Å²) in [4.78, 5) is 18.0. The molecule has 0 N–H and O–H groups in total. The first kappa shape index (κ1) is 20.3. The molecule has 3 nitrogen and oxygen atoms in total. The number of benzene rings is 4. The van der Waals surface area contributed by atoms with E-state index in [-0.39, 0.29) is 12.1 Å². The quantitative estimate of drug-likeness (QED) is 0.342. The lowest BCUT2D eigenvalue weighted by molar-refractivity contribution is 0.0968. The molecular formula is C28H23ClN2O. The average molecular weight is 439 g/mol. The first-order chi connectivity index (χ1) is 15.6. The van der Waals surface area contributed by atoms with Crippen molar-refractivity contribution in [2.24, 2.45) is 0 Å². The molecule has 0 aromatic heterocycles. The summed E-state index contributed by atoms with van der Waals surface area (Å²) in [6, 6.07) is 34.1. The highest BCUT2D eigenvalue weighted by molar-refractivity contribution is 6.30. The van der Waals surface area contributed by atoms with Gasteiger partial charge in [-0.3, -0.25) is 9.69 Å². The van der Waals surface area contributed by atoms with Crippen LogP contribution in [-0.2, 0) is 6.54 Å². The number of nitrogens with zero attached hydrogens (tertiary/aromatic N) is 2. The van der Waals surface area contributed by atoms with Crippen LogP contribution in [0.3, 0.4) is 0 Å². The van der Waals surface area contributed by atoms with Gasteiger partial charge < -0.3 is 4.90 Å². The van der Waals surface area contributed by atoms with Gasteiger partial charge in [0.15, 0.2) is 0 Å². The highest BCUT2D eigenvalue weighted by Gasteiger charge is 2.39. The van der Waals surface area contributed by atoms with Gasteiger partial charge in [-0.05, 0) is 54.4 Å². The third-order valence-corrected chi connectivity index (χ3v) is 6.09. The van der Waals surface area contributed by atoms with E-state index in [2.05, 4.69) is 17.0 Å². The summed E-state index contributed by atoms with van der Waals surface area (Å²) in [5.74, 6) is -0.0151. The van der Waals surface area contributed by atoms with E-state index in [1.807, 2.05) is 103 Å². The van der Waals surface area contributed by atoms with E-state index in [0.717, 1.165) is 22.5 Å². The van der Waals surface area contributed by atoms with Gasteiger partial charge >= 0.3 is 0 Å². The fourth-order valence-electron chi connectivity index (χ4n) is 4.33. The van der Waals surface area contributed by atoms with Crippen LogP contribution in [0.1, 0.15) is 33.2 Å². The second-order valence-corrected chi connectivity index (χ2v) is 8.51. The van der Waals surface area contributed by atoms with Crippen molar-refractivity contribution < 1.29 is 4.79 Å². The summed E-state index contributed by atoms with van der Waals surface area (Å²) in [6.07, 6.45) is -0.334. The molecule has 0 saturated heterocycles. The molecule has 158 valence electrons. The Labute approximate surface area is 193 Å². The Morgan fingerprint density at radius 2 is 1.53 bits per heavy atom. The molecule has 1 aliphatic heterocycles. The Morgan fingerprint density at radius 1 is 0.812 bits per heavy atom. The first-order valence-electron chi connectivity index (χ1n) is 10.7. The van der Waals surface area contributed by atoms with Crippen LogP contribution in [0.15, 0.2) is 103 Å². The maximum atomic E-state index is 13.8. The largest absolute Gasteiger partial charge is 0.342 e. The molecule has 32 heavy (non-hydrogen) atoms. The lowest BCUT2D eigenvalue weighted by Crippen LogP contribution is -2.49. The molecule has 4 aromatic carbocycles. The number of rotatable bonds is 4. The van der Waals surface area contributed by atoms with Crippen LogP contribution in [-0.4, -0.2) is 5.91 Å². The Balaban J connectivity index is 1.73. The molecule has 1 heterocycles. The number of hydrogen-bond donors (Lipinski definition) is 0. The molecule has 1 amide bonds. The lowest BCUT2D eigenvalue weighted by Gasteiger charge is -2.46. The molecule has 4 heteroatoms. The summed E-state index contributed by atoms with van der Waals surface area (Å²) in [6.45, 7) is 2.71. The zero-order valence-corrected chi connectivity index (χ0v) is 18.5. The molecule has 1 aliphatic rings. The number of aryl methyl sites for hydroxylation is 1. The van der Waals surface area contributed by atoms with E-state index >= 15 is 0 Å². The molecule has 4 aromatic rings. The minimum atomic E-state index is -0.334. The maximum Gasteiger partial charge on any atom is 0.262 e. The zero-order chi connectivity index (χ0) is 22.1. The van der Waals surface area contributed by atoms with Gasteiger partial charge in [0, 0.05) is 17.3 Å². The number of carbonyl (C=O) groups excluding carboxylic acids is 1. The Hall–Kier alpha value is -3.56. The molecule has 0 unspecified atom stereocenters. The molecule has 0 saturated carbocycles. The minimum absolute atomic E-state index is 0.0151. The molecular weight excluding hydrogens is 416 g/mol. The van der Waals surface area contributed by atoms with Gasteiger partial charge in [-0.1, -0.05) is 83.9 Å². The standard InChI is InChI=1S/C28H23ClN2O/c1-20-14-16-24(17-15-20)31-27(22-10-7-11-23(29)18-22)30(19-21-8-3-2-4-9-21)26-13-6-5-12-25(26)28(31)32/h2-18,27H,19H2,1H3/t27-/m1/s1. The minimum Gasteiger partial charge on any atom is -0.342 e. The summed E-state index contributed by atoms with van der Waals surface area (Å²) in [5, 5.41) is 0.650. The summed E-state index contributed by atoms with van der Waals surface area (Å²) in [7, 11) is 0. The lowest BCUT2D eigenvalue weighted by atomic mass is 9.99. The Bertz CT molecular complexity index is 1250. The van der Waals surface area contributed by atoms with Crippen molar-refractivity contribution in [3.8, 4) is 0 Å². The topological polar surface area (TPSA) is 23.6 Å². The number of halogens is 1. The predicted molar refractivity (Wildman–Crippen MR) is 131 cm³/mol. The smallest absolute Gasteiger partial charge is 0.262 e. The number of para-hydroxylation sites is 1. The van der Waals surface area contributed by atoms with E-state index in [1.165, 1.54) is 5.56 Å². The van der Waals surface area contributed by atoms with Crippen LogP contribution in [0.5, 0.6) is 0 Å². The fraction of sp³-hybridized carbons (Fsp3) is 0.107. The maximum absolute atomic E-state index is 13.8. The van der Waals surface area contributed by atoms with E-state index in [4.69, 9.17) is 11.6 Å². The molecule has 0 radical (unpaired) electrons. The van der Waals surface area contributed by atoms with Crippen LogP contribution in [0.2, 0.25) is 5.02 Å². The predicted octanol–water partition coefficient (Wildman–Crippen LogP) is 7.01. The van der Waals surface area contributed by atoms with Gasteiger partial charge in [0.1, 0.15) is 6.17 Å². The van der Waals surface area contributed by atoms with Crippen molar-refractivity contribution in [1.29, 1.82) is 0 Å². The van der Waals surface area contributed by atoms with Crippen molar-refractivity contribution in [1.82, 2.24) is 0 Å². The van der Waals surface area contributed by atoms with Crippen molar-refractivity contribution >= 4 is 28.9 Å². The summed E-state index contributed by atoms with van der Waals surface area (Å²) < 4.78 is 0. The Morgan fingerprint density at radius 3 is 2.28 bits per heavy atom. The van der Waals surface area contributed by atoms with Gasteiger partial charge in [-0.15, -0.1) is 0 Å². The highest BCUT2D eigenvalue weighted by atomic mass is 35.5. The molecule has 1 atom stereocenters. The van der Waals surface area contributed by atoms with Gasteiger partial charge in [0.2, 0.25) is 0 Å². The van der Waals surface area contributed by atoms with E-state index in [0.29, 0.717) is 17.1 Å². The van der Waals surface area contributed by atoms with Gasteiger partial charge in [0.25, 0.3) is 5.91 Å². The molecule has 0 aliphatic carbocycles. The van der Waals surface area contributed by atoms with E-state index in [1.54, 1.807) is 0 Å². The third kappa shape index (κ3) is 3.76. The van der Waals surface area contributed by atoms with Crippen molar-refractivity contribution in [3.05, 3.63) is 130 Å². The van der Waals surface area contributed by atoms with Gasteiger partial charge in [-0.25, -0.2) is 0 Å². The number of fused-ring (bicyclic) bond motifs is 1. The number of amides is 1. The highest BCUT2D eigenvalue weighted by Crippen LogP contribution is 2.42. The van der Waals surface area contributed by atoms with Crippen LogP contribution in [0, 0.1) is 6.92 Å². The molecule has 5 rings (SSSR count). The Kier molecular flexibility index (Phi) is 5.42. The van der Waals surface area contributed by atoms with Crippen LogP contribution in [0.4, 0.5) is 11.4 Å². The normalized spacial score (nSPS) is 15.6. The fourth-order valence-corrected chi connectivity index (χ4v) is 4.53.